The zero-order valence-electron chi connectivity index (χ0n) is 15.3. The van der Waals surface area contributed by atoms with Gasteiger partial charge in [0.25, 0.3) is 0 Å². The minimum absolute atomic E-state index is 0.248. The van der Waals surface area contributed by atoms with E-state index in [1.807, 2.05) is 29.2 Å². The van der Waals surface area contributed by atoms with Crippen molar-refractivity contribution in [3.8, 4) is 5.75 Å². The van der Waals surface area contributed by atoms with Crippen LogP contribution in [0.25, 0.3) is 0 Å². The van der Waals surface area contributed by atoms with E-state index in [1.165, 1.54) is 12.0 Å². The number of aromatic nitrogens is 1. The molecule has 0 N–H and O–H groups in total. The smallest absolute Gasteiger partial charge is 0.232 e. The first kappa shape index (κ1) is 18.8. The lowest BCUT2D eigenvalue weighted by atomic mass is 9.91. The van der Waals surface area contributed by atoms with Gasteiger partial charge in [-0.2, -0.15) is 0 Å². The minimum Gasteiger partial charge on any atom is -0.497 e. The molecule has 1 aromatic carbocycles. The molecule has 1 unspecified atom stereocenters. The quantitative estimate of drug-likeness (QED) is 0.690. The molecule has 1 fully saturated rings. The number of methoxy groups -OCH3 is 1. The van der Waals surface area contributed by atoms with Gasteiger partial charge in [-0.15, -0.1) is 11.8 Å². The van der Waals surface area contributed by atoms with Crippen LogP contribution in [-0.4, -0.2) is 41.7 Å². The number of ether oxygens (including phenoxy) is 1. The fraction of sp³-hybridized carbons (Fsp3) is 0.429. The molecule has 1 amide bonds. The highest BCUT2D eigenvalue weighted by Crippen LogP contribution is 2.24. The molecular weight excluding hydrogens is 344 g/mol. The fourth-order valence-corrected chi connectivity index (χ4v) is 4.18. The molecule has 2 heterocycles. The molecule has 0 spiro atoms. The average Bonchev–Trinajstić information content (AvgIpc) is 2.71. The van der Waals surface area contributed by atoms with Crippen LogP contribution >= 0.6 is 11.8 Å². The Morgan fingerprint density at radius 3 is 2.96 bits per heavy atom. The lowest BCUT2D eigenvalue weighted by Crippen LogP contribution is -2.41. The maximum Gasteiger partial charge on any atom is 0.232 e. The maximum atomic E-state index is 12.5. The SMILES string of the molecule is COc1cccc(CCC2CCCN(C(=O)CSc3ccncc3)C2)c1. The van der Waals surface area contributed by atoms with E-state index in [0.29, 0.717) is 11.7 Å². The number of hydrogen-bond donors (Lipinski definition) is 0. The monoisotopic (exact) mass is 370 g/mol. The molecule has 1 atom stereocenters. The van der Waals surface area contributed by atoms with E-state index in [0.717, 1.165) is 43.0 Å². The number of amides is 1. The Morgan fingerprint density at radius 2 is 2.15 bits per heavy atom. The highest BCUT2D eigenvalue weighted by Gasteiger charge is 2.23. The molecule has 0 bridgehead atoms. The minimum atomic E-state index is 0.248. The van der Waals surface area contributed by atoms with Crippen LogP contribution in [0, 0.1) is 5.92 Å². The second-order valence-electron chi connectivity index (χ2n) is 6.71. The van der Waals surface area contributed by atoms with E-state index in [2.05, 4.69) is 17.1 Å². The number of piperidine rings is 1. The van der Waals surface area contributed by atoms with Gasteiger partial charge in [0.2, 0.25) is 5.91 Å². The summed E-state index contributed by atoms with van der Waals surface area (Å²) in [7, 11) is 1.70. The summed E-state index contributed by atoms with van der Waals surface area (Å²) in [5, 5.41) is 0. The van der Waals surface area contributed by atoms with Crippen LogP contribution < -0.4 is 4.74 Å². The predicted molar refractivity (Wildman–Crippen MR) is 106 cm³/mol. The topological polar surface area (TPSA) is 42.4 Å². The molecule has 1 saturated heterocycles. The molecule has 3 rings (SSSR count). The molecule has 5 heteroatoms. The summed E-state index contributed by atoms with van der Waals surface area (Å²) in [5.41, 5.74) is 1.31. The number of carbonyl (C=O) groups excluding carboxylic acids is 1. The van der Waals surface area contributed by atoms with Gasteiger partial charge in [0, 0.05) is 30.4 Å². The number of benzene rings is 1. The number of pyridine rings is 1. The van der Waals surface area contributed by atoms with Gasteiger partial charge in [0.05, 0.1) is 12.9 Å². The van der Waals surface area contributed by atoms with Crippen LogP contribution in [0.2, 0.25) is 0 Å². The van der Waals surface area contributed by atoms with Crippen LogP contribution in [-0.2, 0) is 11.2 Å². The van der Waals surface area contributed by atoms with E-state index < -0.39 is 0 Å². The molecule has 138 valence electrons. The zero-order valence-corrected chi connectivity index (χ0v) is 16.1. The number of hydrogen-bond acceptors (Lipinski definition) is 4. The van der Waals surface area contributed by atoms with Crippen LogP contribution in [0.1, 0.15) is 24.8 Å². The van der Waals surface area contributed by atoms with Crippen molar-refractivity contribution in [2.24, 2.45) is 5.92 Å². The highest BCUT2D eigenvalue weighted by atomic mass is 32.2. The van der Waals surface area contributed by atoms with Crippen molar-refractivity contribution in [3.63, 3.8) is 0 Å². The Balaban J connectivity index is 1.46. The Bertz CT molecular complexity index is 708. The Hall–Kier alpha value is -2.01. The molecule has 1 aromatic heterocycles. The molecule has 1 aliphatic heterocycles. The van der Waals surface area contributed by atoms with Crippen LogP contribution in [0.3, 0.4) is 0 Å². The molecule has 1 aliphatic rings. The van der Waals surface area contributed by atoms with Crippen LogP contribution in [0.5, 0.6) is 5.75 Å². The summed E-state index contributed by atoms with van der Waals surface area (Å²) in [4.78, 5) is 19.7. The average molecular weight is 371 g/mol. The lowest BCUT2D eigenvalue weighted by molar-refractivity contribution is -0.130. The molecule has 26 heavy (non-hydrogen) atoms. The molecule has 0 aliphatic carbocycles. The summed E-state index contributed by atoms with van der Waals surface area (Å²) in [6.45, 7) is 1.78. The Morgan fingerprint density at radius 1 is 1.31 bits per heavy atom. The van der Waals surface area contributed by atoms with Gasteiger partial charge < -0.3 is 9.64 Å². The standard InChI is InChI=1S/C21H26N2O2S/c1-25-19-6-2-4-17(14-19)7-8-18-5-3-13-23(15-18)21(24)16-26-20-9-11-22-12-10-20/h2,4,6,9-12,14,18H,3,5,7-8,13,15-16H2,1H3. The highest BCUT2D eigenvalue weighted by molar-refractivity contribution is 8.00. The maximum absolute atomic E-state index is 12.5. The van der Waals surface area contributed by atoms with Gasteiger partial charge in [-0.3, -0.25) is 9.78 Å². The summed E-state index contributed by atoms with van der Waals surface area (Å²) >= 11 is 1.59. The van der Waals surface area contributed by atoms with Gasteiger partial charge in [0.15, 0.2) is 0 Å². The summed E-state index contributed by atoms with van der Waals surface area (Å²) < 4.78 is 5.30. The largest absolute Gasteiger partial charge is 0.497 e. The van der Waals surface area contributed by atoms with Crippen molar-refractivity contribution in [1.82, 2.24) is 9.88 Å². The van der Waals surface area contributed by atoms with Crippen molar-refractivity contribution in [1.29, 1.82) is 0 Å². The zero-order chi connectivity index (χ0) is 18.2. The third-order valence-electron chi connectivity index (χ3n) is 4.86. The normalized spacial score (nSPS) is 17.1. The van der Waals surface area contributed by atoms with E-state index in [-0.39, 0.29) is 5.91 Å². The summed E-state index contributed by atoms with van der Waals surface area (Å²) in [6.07, 6.45) is 8.01. The Kier molecular flexibility index (Phi) is 6.95. The second kappa shape index (κ2) is 9.62. The predicted octanol–water partition coefficient (Wildman–Crippen LogP) is 4.05. The number of carbonyl (C=O) groups is 1. The van der Waals surface area contributed by atoms with Crippen LogP contribution in [0.15, 0.2) is 53.7 Å². The van der Waals surface area contributed by atoms with E-state index in [1.54, 1.807) is 31.3 Å². The Labute approximate surface area is 160 Å². The van der Waals surface area contributed by atoms with E-state index in [4.69, 9.17) is 4.74 Å². The van der Waals surface area contributed by atoms with Crippen molar-refractivity contribution in [2.45, 2.75) is 30.6 Å². The molecule has 0 radical (unpaired) electrons. The van der Waals surface area contributed by atoms with Crippen molar-refractivity contribution in [2.75, 3.05) is 26.0 Å². The van der Waals surface area contributed by atoms with Gasteiger partial charge in [0.1, 0.15) is 5.75 Å². The van der Waals surface area contributed by atoms with Crippen LogP contribution in [0.4, 0.5) is 0 Å². The van der Waals surface area contributed by atoms with Crippen molar-refractivity contribution >= 4 is 17.7 Å². The van der Waals surface area contributed by atoms with Crippen molar-refractivity contribution < 1.29 is 9.53 Å². The van der Waals surface area contributed by atoms with Gasteiger partial charge >= 0.3 is 0 Å². The number of rotatable bonds is 7. The molecule has 4 nitrogen and oxygen atoms in total. The van der Waals surface area contributed by atoms with Gasteiger partial charge in [-0.1, -0.05) is 12.1 Å². The second-order valence-corrected chi connectivity index (χ2v) is 7.76. The molecular formula is C21H26N2O2S. The first-order valence-electron chi connectivity index (χ1n) is 9.18. The molecule has 2 aromatic rings. The number of aryl methyl sites for hydroxylation is 1. The third-order valence-corrected chi connectivity index (χ3v) is 5.86. The summed E-state index contributed by atoms with van der Waals surface area (Å²) in [6, 6.07) is 12.2. The summed E-state index contributed by atoms with van der Waals surface area (Å²) in [5.74, 6) is 2.26. The first-order chi connectivity index (χ1) is 12.7. The van der Waals surface area contributed by atoms with Gasteiger partial charge in [-0.25, -0.2) is 0 Å². The van der Waals surface area contributed by atoms with E-state index in [9.17, 15) is 4.79 Å². The fourth-order valence-electron chi connectivity index (χ4n) is 3.40. The third kappa shape index (κ3) is 5.49. The number of nitrogens with zero attached hydrogens (tertiary/aromatic N) is 2. The number of thioether (sulfide) groups is 1. The van der Waals surface area contributed by atoms with Crippen molar-refractivity contribution in [3.05, 3.63) is 54.4 Å². The number of likely N-dealkylation sites (tertiary alicyclic amines) is 1. The first-order valence-corrected chi connectivity index (χ1v) is 10.2. The van der Waals surface area contributed by atoms with Gasteiger partial charge in [-0.05, 0) is 61.4 Å². The molecule has 0 saturated carbocycles. The van der Waals surface area contributed by atoms with E-state index >= 15 is 0 Å². The lowest BCUT2D eigenvalue weighted by Gasteiger charge is -2.33.